The van der Waals surface area contributed by atoms with Gasteiger partial charge in [-0.3, -0.25) is 10.1 Å². The van der Waals surface area contributed by atoms with Crippen molar-refractivity contribution in [1.82, 2.24) is 30.8 Å². The van der Waals surface area contributed by atoms with Gasteiger partial charge in [0.1, 0.15) is 23.8 Å². The van der Waals surface area contributed by atoms with E-state index < -0.39 is 16.4 Å². The molecule has 2 aromatic carbocycles. The SMILES string of the molecule is CC1(COc2ccc(-n3nnnc3Oc3ccc(F)cc3)cc2[N+](=O)[O-])NC=CN1. The van der Waals surface area contributed by atoms with Crippen LogP contribution in [0.3, 0.4) is 0 Å². The number of hydrogen-bond donors (Lipinski definition) is 2. The fourth-order valence-electron chi connectivity index (χ4n) is 2.71. The van der Waals surface area contributed by atoms with E-state index in [9.17, 15) is 14.5 Å². The lowest BCUT2D eigenvalue weighted by Gasteiger charge is -2.25. The molecule has 0 atom stereocenters. The summed E-state index contributed by atoms with van der Waals surface area (Å²) in [5.74, 6) is -0.0179. The summed E-state index contributed by atoms with van der Waals surface area (Å²) < 4.78 is 25.5. The maximum Gasteiger partial charge on any atom is 0.345 e. The van der Waals surface area contributed by atoms with E-state index in [0.717, 1.165) is 0 Å². The van der Waals surface area contributed by atoms with Crippen LogP contribution in [0.4, 0.5) is 10.1 Å². The van der Waals surface area contributed by atoms with E-state index in [2.05, 4.69) is 26.2 Å². The Morgan fingerprint density at radius 1 is 1.20 bits per heavy atom. The Balaban J connectivity index is 1.58. The number of benzene rings is 2. The summed E-state index contributed by atoms with van der Waals surface area (Å²) in [5.41, 5.74) is -0.537. The first-order valence-corrected chi connectivity index (χ1v) is 8.77. The number of ether oxygens (including phenoxy) is 2. The Bertz CT molecular complexity index is 1090. The standard InChI is InChI=1S/C18H16FN7O4/c1-18(20-8-9-21-18)11-29-16-7-4-13(10-15(16)26(27)28)25-17(22-23-24-25)30-14-5-2-12(19)3-6-14/h2-10,20-21H,11H2,1H3. The molecule has 30 heavy (non-hydrogen) atoms. The van der Waals surface area contributed by atoms with Gasteiger partial charge in [-0.25, -0.2) is 4.39 Å². The summed E-state index contributed by atoms with van der Waals surface area (Å²) in [6.45, 7) is 2.00. The maximum absolute atomic E-state index is 13.1. The average molecular weight is 413 g/mol. The first-order valence-electron chi connectivity index (χ1n) is 8.77. The molecule has 0 spiro atoms. The van der Waals surface area contributed by atoms with Crippen LogP contribution in [0.15, 0.2) is 54.9 Å². The topological polar surface area (TPSA) is 129 Å². The highest BCUT2D eigenvalue weighted by Crippen LogP contribution is 2.31. The van der Waals surface area contributed by atoms with Crippen molar-refractivity contribution in [1.29, 1.82) is 0 Å². The van der Waals surface area contributed by atoms with Crippen molar-refractivity contribution in [3.63, 3.8) is 0 Å². The first kappa shape index (κ1) is 19.1. The third-order valence-corrected chi connectivity index (χ3v) is 4.25. The van der Waals surface area contributed by atoms with E-state index in [1.54, 1.807) is 18.5 Å². The maximum atomic E-state index is 13.1. The zero-order valence-electron chi connectivity index (χ0n) is 15.7. The molecule has 1 aromatic heterocycles. The van der Waals surface area contributed by atoms with Crippen LogP contribution in [0, 0.1) is 15.9 Å². The lowest BCUT2D eigenvalue weighted by molar-refractivity contribution is -0.385. The van der Waals surface area contributed by atoms with E-state index in [1.807, 2.05) is 6.92 Å². The monoisotopic (exact) mass is 413 g/mol. The van der Waals surface area contributed by atoms with Crippen LogP contribution >= 0.6 is 0 Å². The quantitative estimate of drug-likeness (QED) is 0.442. The van der Waals surface area contributed by atoms with Gasteiger partial charge in [-0.1, -0.05) is 5.10 Å². The van der Waals surface area contributed by atoms with Crippen molar-refractivity contribution in [3.8, 4) is 23.2 Å². The predicted molar refractivity (Wildman–Crippen MR) is 102 cm³/mol. The molecule has 154 valence electrons. The molecule has 0 radical (unpaired) electrons. The molecule has 4 rings (SSSR count). The fourth-order valence-corrected chi connectivity index (χ4v) is 2.71. The number of tetrazole rings is 1. The molecular weight excluding hydrogens is 397 g/mol. The van der Waals surface area contributed by atoms with Gasteiger partial charge in [0.05, 0.1) is 10.6 Å². The van der Waals surface area contributed by atoms with Gasteiger partial charge in [-0.15, -0.1) is 0 Å². The lowest BCUT2D eigenvalue weighted by Crippen LogP contribution is -2.50. The van der Waals surface area contributed by atoms with Gasteiger partial charge in [0.25, 0.3) is 0 Å². The minimum atomic E-state index is -0.571. The predicted octanol–water partition coefficient (Wildman–Crippen LogP) is 2.26. The average Bonchev–Trinajstić information content (AvgIpc) is 3.37. The molecule has 0 amide bonds. The normalized spacial score (nSPS) is 14.1. The van der Waals surface area contributed by atoms with Crippen LogP contribution in [0.5, 0.6) is 17.5 Å². The van der Waals surface area contributed by atoms with E-state index >= 15 is 0 Å². The van der Waals surface area contributed by atoms with Gasteiger partial charge in [-0.05, 0) is 53.7 Å². The zero-order valence-corrected chi connectivity index (χ0v) is 15.7. The van der Waals surface area contributed by atoms with Gasteiger partial charge < -0.3 is 20.1 Å². The van der Waals surface area contributed by atoms with Crippen LogP contribution in [-0.2, 0) is 0 Å². The van der Waals surface area contributed by atoms with Crippen molar-refractivity contribution >= 4 is 5.69 Å². The van der Waals surface area contributed by atoms with Crippen molar-refractivity contribution < 1.29 is 18.8 Å². The van der Waals surface area contributed by atoms with Crippen LogP contribution < -0.4 is 20.1 Å². The molecule has 0 bridgehead atoms. The van der Waals surface area contributed by atoms with Gasteiger partial charge in [-0.2, -0.15) is 4.68 Å². The number of nitro groups is 1. The number of nitro benzene ring substituents is 1. The molecule has 1 aliphatic rings. The van der Waals surface area contributed by atoms with Crippen LogP contribution in [0.2, 0.25) is 0 Å². The molecule has 0 saturated heterocycles. The molecule has 12 heteroatoms. The molecule has 3 aromatic rings. The molecular formula is C18H16FN7O4. The Kier molecular flexibility index (Phi) is 4.88. The molecule has 0 unspecified atom stereocenters. The lowest BCUT2D eigenvalue weighted by atomic mass is 10.2. The number of hydrogen-bond acceptors (Lipinski definition) is 9. The Morgan fingerprint density at radius 2 is 1.93 bits per heavy atom. The fraction of sp³-hybridized carbons (Fsp3) is 0.167. The number of nitrogens with one attached hydrogen (secondary N) is 2. The molecule has 2 N–H and O–H groups in total. The van der Waals surface area contributed by atoms with E-state index in [-0.39, 0.29) is 24.1 Å². The van der Waals surface area contributed by atoms with E-state index in [1.165, 1.54) is 41.1 Å². The van der Waals surface area contributed by atoms with Crippen LogP contribution in [-0.4, -0.2) is 37.4 Å². The van der Waals surface area contributed by atoms with Crippen molar-refractivity contribution in [2.75, 3.05) is 6.61 Å². The summed E-state index contributed by atoms with van der Waals surface area (Å²) in [4.78, 5) is 11.0. The van der Waals surface area contributed by atoms with Gasteiger partial charge in [0, 0.05) is 18.5 Å². The van der Waals surface area contributed by atoms with Gasteiger partial charge >= 0.3 is 11.7 Å². The Hall–Kier alpha value is -4.22. The summed E-state index contributed by atoms with van der Waals surface area (Å²) in [6.07, 6.45) is 3.45. The second kappa shape index (κ2) is 7.66. The minimum absolute atomic E-state index is 0.0393. The number of rotatable bonds is 7. The summed E-state index contributed by atoms with van der Waals surface area (Å²) in [5, 5.41) is 28.8. The van der Waals surface area contributed by atoms with Crippen molar-refractivity contribution in [2.24, 2.45) is 0 Å². The number of halogens is 1. The van der Waals surface area contributed by atoms with Gasteiger partial charge in [0.2, 0.25) is 0 Å². The van der Waals surface area contributed by atoms with Gasteiger partial charge in [0.15, 0.2) is 5.75 Å². The highest BCUT2D eigenvalue weighted by molar-refractivity contribution is 5.53. The first-order chi connectivity index (χ1) is 14.4. The zero-order chi connectivity index (χ0) is 21.1. The molecule has 11 nitrogen and oxygen atoms in total. The minimum Gasteiger partial charge on any atom is -0.482 e. The third-order valence-electron chi connectivity index (χ3n) is 4.25. The van der Waals surface area contributed by atoms with E-state index in [0.29, 0.717) is 11.4 Å². The second-order valence-electron chi connectivity index (χ2n) is 6.58. The van der Waals surface area contributed by atoms with Crippen LogP contribution in [0.25, 0.3) is 5.69 Å². The molecule has 0 saturated carbocycles. The Labute approximate surface area is 169 Å². The molecule has 0 fully saturated rings. The summed E-state index contributed by atoms with van der Waals surface area (Å²) in [7, 11) is 0. The smallest absolute Gasteiger partial charge is 0.345 e. The summed E-state index contributed by atoms with van der Waals surface area (Å²) >= 11 is 0. The summed E-state index contributed by atoms with van der Waals surface area (Å²) in [6, 6.07) is 9.54. The van der Waals surface area contributed by atoms with Crippen LogP contribution in [0.1, 0.15) is 6.92 Å². The molecule has 0 aliphatic carbocycles. The number of nitrogens with zero attached hydrogens (tertiary/aromatic N) is 5. The number of aromatic nitrogens is 4. The van der Waals surface area contributed by atoms with Crippen molar-refractivity contribution in [2.45, 2.75) is 12.6 Å². The third kappa shape index (κ3) is 3.97. The highest BCUT2D eigenvalue weighted by atomic mass is 19.1. The van der Waals surface area contributed by atoms with E-state index in [4.69, 9.17) is 9.47 Å². The Morgan fingerprint density at radius 3 is 2.63 bits per heavy atom. The van der Waals surface area contributed by atoms with Crippen molar-refractivity contribution in [3.05, 3.63) is 70.8 Å². The molecule has 2 heterocycles. The highest BCUT2D eigenvalue weighted by Gasteiger charge is 2.27. The largest absolute Gasteiger partial charge is 0.482 e. The second-order valence-corrected chi connectivity index (χ2v) is 6.58. The molecule has 1 aliphatic heterocycles.